The van der Waals surface area contributed by atoms with Gasteiger partial charge in [-0.05, 0) is 38.0 Å². The highest BCUT2D eigenvalue weighted by Crippen LogP contribution is 2.11. The summed E-state index contributed by atoms with van der Waals surface area (Å²) in [4.78, 5) is 4.44. The van der Waals surface area contributed by atoms with Crippen LogP contribution in [0.5, 0.6) is 5.75 Å². The number of nitrogens with zero attached hydrogens (tertiary/aromatic N) is 1. The van der Waals surface area contributed by atoms with Gasteiger partial charge in [-0.25, -0.2) is 13.4 Å². The molecule has 0 heterocycles. The van der Waals surface area contributed by atoms with Crippen molar-refractivity contribution in [3.05, 3.63) is 29.8 Å². The van der Waals surface area contributed by atoms with Crippen LogP contribution in [0.25, 0.3) is 0 Å². The van der Waals surface area contributed by atoms with Gasteiger partial charge in [-0.15, -0.1) is 0 Å². The zero-order valence-corrected chi connectivity index (χ0v) is 14.2. The molecule has 22 heavy (non-hydrogen) atoms. The van der Waals surface area contributed by atoms with Crippen LogP contribution in [0, 0.1) is 0 Å². The maximum atomic E-state index is 11.2. The minimum absolute atomic E-state index is 0.00305. The van der Waals surface area contributed by atoms with E-state index in [2.05, 4.69) is 15.6 Å². The lowest BCUT2D eigenvalue weighted by atomic mass is 10.2. The fraction of sp³-hybridized carbons (Fsp3) is 0.533. The molecule has 1 rings (SSSR count). The third-order valence-corrected chi connectivity index (χ3v) is 3.96. The maximum absolute atomic E-state index is 11.2. The van der Waals surface area contributed by atoms with Gasteiger partial charge in [-0.1, -0.05) is 12.1 Å². The zero-order chi connectivity index (χ0) is 16.6. The van der Waals surface area contributed by atoms with Gasteiger partial charge in [-0.2, -0.15) is 0 Å². The molecule has 0 spiro atoms. The Morgan fingerprint density at radius 2 is 2.14 bits per heavy atom. The van der Waals surface area contributed by atoms with Crippen molar-refractivity contribution in [1.82, 2.24) is 10.6 Å². The van der Waals surface area contributed by atoms with Gasteiger partial charge >= 0.3 is 0 Å². The van der Waals surface area contributed by atoms with Crippen LogP contribution in [-0.2, 0) is 16.4 Å². The maximum Gasteiger partial charge on any atom is 0.191 e. The van der Waals surface area contributed by atoms with E-state index in [0.29, 0.717) is 25.5 Å². The highest BCUT2D eigenvalue weighted by Gasteiger charge is 2.09. The van der Waals surface area contributed by atoms with E-state index in [0.717, 1.165) is 5.56 Å². The Kier molecular flexibility index (Phi) is 7.17. The van der Waals surface area contributed by atoms with Crippen LogP contribution in [0.2, 0.25) is 0 Å². The molecule has 0 radical (unpaired) electrons. The van der Waals surface area contributed by atoms with Crippen molar-refractivity contribution in [2.75, 3.05) is 18.6 Å². The second-order valence-corrected chi connectivity index (χ2v) is 7.59. The number of hydrogen-bond acceptors (Lipinski definition) is 4. The summed E-state index contributed by atoms with van der Waals surface area (Å²) in [7, 11) is -2.96. The van der Waals surface area contributed by atoms with Gasteiger partial charge in [0, 0.05) is 18.8 Å². The van der Waals surface area contributed by atoms with Gasteiger partial charge in [0.2, 0.25) is 0 Å². The molecule has 0 fully saturated rings. The molecule has 1 unspecified atom stereocenters. The summed E-state index contributed by atoms with van der Waals surface area (Å²) in [5.74, 6) is 0.992. The molecule has 1 atom stereocenters. The van der Waals surface area contributed by atoms with E-state index in [1.165, 1.54) is 6.26 Å². The Hall–Kier alpha value is -1.76. The van der Waals surface area contributed by atoms with Gasteiger partial charge in [-0.3, -0.25) is 0 Å². The molecule has 7 heteroatoms. The van der Waals surface area contributed by atoms with Gasteiger partial charge in [0.15, 0.2) is 5.96 Å². The number of phenolic OH excluding ortho intramolecular Hbond substituents is 1. The van der Waals surface area contributed by atoms with E-state index in [4.69, 9.17) is 0 Å². The average molecular weight is 327 g/mol. The largest absolute Gasteiger partial charge is 0.508 e. The number of nitrogens with one attached hydrogen (secondary N) is 2. The molecule has 0 aliphatic heterocycles. The van der Waals surface area contributed by atoms with E-state index in [1.807, 2.05) is 19.9 Å². The molecule has 124 valence electrons. The van der Waals surface area contributed by atoms with Crippen LogP contribution in [0.3, 0.4) is 0 Å². The first kappa shape index (κ1) is 18.3. The number of aliphatic imine (C=N–C) groups is 1. The number of phenols is 1. The van der Waals surface area contributed by atoms with Crippen molar-refractivity contribution in [1.29, 1.82) is 0 Å². The SMILES string of the molecule is CCNC(=NCc1cccc(O)c1)NC(C)CCS(C)(=O)=O. The predicted octanol–water partition coefficient (Wildman–Crippen LogP) is 1.27. The summed E-state index contributed by atoms with van der Waals surface area (Å²) in [6.45, 7) is 5.03. The Balaban J connectivity index is 2.62. The summed E-state index contributed by atoms with van der Waals surface area (Å²) < 4.78 is 22.4. The van der Waals surface area contributed by atoms with Crippen LogP contribution in [0.4, 0.5) is 0 Å². The fourth-order valence-corrected chi connectivity index (χ4v) is 2.62. The lowest BCUT2D eigenvalue weighted by molar-refractivity contribution is 0.474. The van der Waals surface area contributed by atoms with E-state index in [-0.39, 0.29) is 17.5 Å². The molecular weight excluding hydrogens is 302 g/mol. The highest BCUT2D eigenvalue weighted by atomic mass is 32.2. The summed E-state index contributed by atoms with van der Waals surface area (Å²) in [6.07, 6.45) is 1.76. The first-order valence-corrected chi connectivity index (χ1v) is 9.36. The number of rotatable bonds is 7. The first-order valence-electron chi connectivity index (χ1n) is 7.30. The molecule has 0 saturated heterocycles. The highest BCUT2D eigenvalue weighted by molar-refractivity contribution is 7.90. The Morgan fingerprint density at radius 3 is 2.73 bits per heavy atom. The number of sulfone groups is 1. The summed E-state index contributed by atoms with van der Waals surface area (Å²) in [5.41, 5.74) is 0.904. The Labute approximate surface area is 132 Å². The minimum Gasteiger partial charge on any atom is -0.508 e. The molecule has 0 amide bonds. The fourth-order valence-electron chi connectivity index (χ4n) is 1.84. The van der Waals surface area contributed by atoms with Crippen LogP contribution >= 0.6 is 0 Å². The van der Waals surface area contributed by atoms with Crippen LogP contribution in [0.15, 0.2) is 29.3 Å². The molecule has 3 N–H and O–H groups in total. The molecular formula is C15H25N3O3S. The van der Waals surface area contributed by atoms with Crippen LogP contribution in [-0.4, -0.2) is 44.1 Å². The van der Waals surface area contributed by atoms with E-state index < -0.39 is 9.84 Å². The average Bonchev–Trinajstić information content (AvgIpc) is 2.42. The molecule has 0 bridgehead atoms. The standard InChI is InChI=1S/C15H25N3O3S/c1-4-16-15(18-12(2)8-9-22(3,20)21)17-11-13-6-5-7-14(19)10-13/h5-7,10,12,19H,4,8-9,11H2,1-3H3,(H2,16,17,18). The number of aromatic hydroxyl groups is 1. The number of guanidine groups is 1. The van der Waals surface area contributed by atoms with Crippen LogP contribution < -0.4 is 10.6 Å². The van der Waals surface area contributed by atoms with Crippen molar-refractivity contribution in [3.63, 3.8) is 0 Å². The quantitative estimate of drug-likeness (QED) is 0.518. The minimum atomic E-state index is -2.96. The molecule has 0 aliphatic carbocycles. The van der Waals surface area contributed by atoms with Gasteiger partial charge in [0.25, 0.3) is 0 Å². The molecule has 0 saturated carbocycles. The van der Waals surface area contributed by atoms with E-state index in [9.17, 15) is 13.5 Å². The number of benzene rings is 1. The Bertz CT molecular complexity index is 600. The van der Waals surface area contributed by atoms with Crippen molar-refractivity contribution in [3.8, 4) is 5.75 Å². The second kappa shape index (κ2) is 8.63. The summed E-state index contributed by atoms with van der Waals surface area (Å²) in [6, 6.07) is 6.94. The Morgan fingerprint density at radius 1 is 1.41 bits per heavy atom. The zero-order valence-electron chi connectivity index (χ0n) is 13.3. The van der Waals surface area contributed by atoms with E-state index >= 15 is 0 Å². The first-order chi connectivity index (χ1) is 10.3. The van der Waals surface area contributed by atoms with Crippen molar-refractivity contribution < 1.29 is 13.5 Å². The van der Waals surface area contributed by atoms with Crippen molar-refractivity contribution >= 4 is 15.8 Å². The predicted molar refractivity (Wildman–Crippen MR) is 89.8 cm³/mol. The normalized spacial score (nSPS) is 13.7. The van der Waals surface area contributed by atoms with Gasteiger partial charge in [0.1, 0.15) is 15.6 Å². The third kappa shape index (κ3) is 7.87. The molecule has 1 aromatic rings. The monoisotopic (exact) mass is 327 g/mol. The molecule has 0 aliphatic rings. The second-order valence-electron chi connectivity index (χ2n) is 5.33. The van der Waals surface area contributed by atoms with Gasteiger partial charge in [0.05, 0.1) is 12.3 Å². The molecule has 6 nitrogen and oxygen atoms in total. The third-order valence-electron chi connectivity index (χ3n) is 2.98. The van der Waals surface area contributed by atoms with Gasteiger partial charge < -0.3 is 15.7 Å². The smallest absolute Gasteiger partial charge is 0.191 e. The van der Waals surface area contributed by atoms with Crippen molar-refractivity contribution in [2.24, 2.45) is 4.99 Å². The van der Waals surface area contributed by atoms with E-state index in [1.54, 1.807) is 18.2 Å². The molecule has 1 aromatic carbocycles. The van der Waals surface area contributed by atoms with Crippen molar-refractivity contribution in [2.45, 2.75) is 32.9 Å². The summed E-state index contributed by atoms with van der Waals surface area (Å²) in [5, 5.41) is 15.7. The lowest BCUT2D eigenvalue weighted by Crippen LogP contribution is -2.42. The van der Waals surface area contributed by atoms with Crippen LogP contribution in [0.1, 0.15) is 25.8 Å². The topological polar surface area (TPSA) is 90.8 Å². The summed E-state index contributed by atoms with van der Waals surface area (Å²) >= 11 is 0. The lowest BCUT2D eigenvalue weighted by Gasteiger charge is -2.17. The number of hydrogen-bond donors (Lipinski definition) is 3. The molecule has 0 aromatic heterocycles.